The molecule has 1 aliphatic carbocycles. The predicted molar refractivity (Wildman–Crippen MR) is 90.2 cm³/mol. The highest BCUT2D eigenvalue weighted by molar-refractivity contribution is 5.39. The zero-order valence-electron chi connectivity index (χ0n) is 13.3. The molecule has 1 spiro atoms. The number of benzene rings is 2. The van der Waals surface area contributed by atoms with Crippen molar-refractivity contribution >= 4 is 0 Å². The minimum atomic E-state index is 0.0442. The first kappa shape index (κ1) is 14.7. The third-order valence-corrected chi connectivity index (χ3v) is 5.29. The van der Waals surface area contributed by atoms with Crippen LogP contribution < -0.4 is 10.1 Å². The molecule has 2 N–H and O–H groups in total. The number of rotatable bonds is 4. The molecule has 0 unspecified atom stereocenters. The summed E-state index contributed by atoms with van der Waals surface area (Å²) in [5.74, 6) is 1.03. The van der Waals surface area contributed by atoms with Gasteiger partial charge in [0.25, 0.3) is 0 Å². The molecule has 0 bridgehead atoms. The maximum atomic E-state index is 9.50. The van der Waals surface area contributed by atoms with Crippen LogP contribution in [0.25, 0.3) is 0 Å². The predicted octanol–water partition coefficient (Wildman–Crippen LogP) is 3.72. The lowest BCUT2D eigenvalue weighted by Gasteiger charge is -2.48. The van der Waals surface area contributed by atoms with Crippen molar-refractivity contribution in [3.63, 3.8) is 0 Å². The van der Waals surface area contributed by atoms with Crippen LogP contribution in [0, 0.1) is 0 Å². The highest BCUT2D eigenvalue weighted by Crippen LogP contribution is 2.48. The maximum Gasteiger partial charge on any atom is 0.124 e. The Hall–Kier alpha value is -1.84. The van der Waals surface area contributed by atoms with Crippen molar-refractivity contribution in [3.8, 4) is 5.75 Å². The first-order chi connectivity index (χ1) is 11.3. The first-order valence-electron chi connectivity index (χ1n) is 8.49. The second-order valence-electron chi connectivity index (χ2n) is 6.74. The normalized spacial score (nSPS) is 21.3. The molecule has 1 saturated carbocycles. The standard InChI is InChI=1S/C20H23NO2/c22-14-16-7-2-1-6-15(16)13-21-18-12-20(10-5-11-20)23-19-9-4-3-8-17(18)19/h1-4,6-9,18,21-22H,5,10-14H2/t18-/m0/s1. The summed E-state index contributed by atoms with van der Waals surface area (Å²) in [5, 5.41) is 13.2. The Morgan fingerprint density at radius 1 is 1.04 bits per heavy atom. The van der Waals surface area contributed by atoms with Crippen LogP contribution in [0.3, 0.4) is 0 Å². The molecule has 0 amide bonds. The van der Waals surface area contributed by atoms with Gasteiger partial charge in [-0.2, -0.15) is 0 Å². The molecule has 1 atom stereocenters. The topological polar surface area (TPSA) is 41.5 Å². The quantitative estimate of drug-likeness (QED) is 0.904. The maximum absolute atomic E-state index is 9.50. The Balaban J connectivity index is 1.56. The average molecular weight is 309 g/mol. The molecule has 1 aliphatic heterocycles. The van der Waals surface area contributed by atoms with Crippen LogP contribution in [-0.4, -0.2) is 10.7 Å². The molecule has 4 rings (SSSR count). The Morgan fingerprint density at radius 2 is 1.78 bits per heavy atom. The van der Waals surface area contributed by atoms with Crippen molar-refractivity contribution in [2.24, 2.45) is 0 Å². The van der Waals surface area contributed by atoms with Crippen LogP contribution >= 0.6 is 0 Å². The van der Waals surface area contributed by atoms with Crippen molar-refractivity contribution in [1.29, 1.82) is 0 Å². The molecule has 1 fully saturated rings. The van der Waals surface area contributed by atoms with E-state index in [-0.39, 0.29) is 12.2 Å². The summed E-state index contributed by atoms with van der Waals surface area (Å²) in [4.78, 5) is 0. The molecule has 2 aromatic rings. The zero-order chi connectivity index (χ0) is 15.7. The van der Waals surface area contributed by atoms with Gasteiger partial charge in [-0.15, -0.1) is 0 Å². The third kappa shape index (κ3) is 2.75. The molecule has 3 nitrogen and oxygen atoms in total. The number of fused-ring (bicyclic) bond motifs is 1. The monoisotopic (exact) mass is 309 g/mol. The van der Waals surface area contributed by atoms with Crippen LogP contribution in [-0.2, 0) is 13.2 Å². The fourth-order valence-corrected chi connectivity index (χ4v) is 3.80. The van der Waals surface area contributed by atoms with E-state index >= 15 is 0 Å². The van der Waals surface area contributed by atoms with E-state index in [1.165, 1.54) is 17.5 Å². The minimum Gasteiger partial charge on any atom is -0.487 e. The lowest BCUT2D eigenvalue weighted by molar-refractivity contribution is -0.0371. The SMILES string of the molecule is OCc1ccccc1CN[C@H]1CC2(CCC2)Oc2ccccc21. The van der Waals surface area contributed by atoms with Gasteiger partial charge in [-0.25, -0.2) is 0 Å². The molecule has 0 radical (unpaired) electrons. The third-order valence-electron chi connectivity index (χ3n) is 5.29. The van der Waals surface area contributed by atoms with Gasteiger partial charge in [-0.05, 0) is 36.5 Å². The van der Waals surface area contributed by atoms with Crippen LogP contribution in [0.2, 0.25) is 0 Å². The van der Waals surface area contributed by atoms with Crippen LogP contribution in [0.15, 0.2) is 48.5 Å². The van der Waals surface area contributed by atoms with Crippen LogP contribution in [0.4, 0.5) is 0 Å². The molecule has 3 heteroatoms. The minimum absolute atomic E-state index is 0.0442. The largest absolute Gasteiger partial charge is 0.487 e. The fraction of sp³-hybridized carbons (Fsp3) is 0.400. The molecule has 23 heavy (non-hydrogen) atoms. The van der Waals surface area contributed by atoms with Gasteiger partial charge in [0.2, 0.25) is 0 Å². The number of ether oxygens (including phenoxy) is 1. The van der Waals surface area contributed by atoms with Gasteiger partial charge in [0, 0.05) is 24.6 Å². The summed E-state index contributed by atoms with van der Waals surface area (Å²) >= 11 is 0. The number of para-hydroxylation sites is 1. The summed E-state index contributed by atoms with van der Waals surface area (Å²) in [7, 11) is 0. The highest BCUT2D eigenvalue weighted by atomic mass is 16.5. The molecule has 2 aliphatic rings. The van der Waals surface area contributed by atoms with Crippen LogP contribution in [0.5, 0.6) is 5.75 Å². The number of hydrogen-bond acceptors (Lipinski definition) is 3. The van der Waals surface area contributed by atoms with Crippen molar-refractivity contribution < 1.29 is 9.84 Å². The summed E-state index contributed by atoms with van der Waals surface area (Å²) in [6, 6.07) is 16.8. The van der Waals surface area contributed by atoms with E-state index in [0.717, 1.165) is 37.1 Å². The van der Waals surface area contributed by atoms with E-state index in [1.54, 1.807) is 0 Å². The second-order valence-corrected chi connectivity index (χ2v) is 6.74. The summed E-state index contributed by atoms with van der Waals surface area (Å²) in [5.41, 5.74) is 3.47. The van der Waals surface area contributed by atoms with Crippen molar-refractivity contribution in [3.05, 3.63) is 65.2 Å². The highest BCUT2D eigenvalue weighted by Gasteiger charge is 2.45. The molecular formula is C20H23NO2. The van der Waals surface area contributed by atoms with Crippen molar-refractivity contribution in [1.82, 2.24) is 5.32 Å². The van der Waals surface area contributed by atoms with E-state index in [0.29, 0.717) is 6.04 Å². The Labute approximate surface area is 137 Å². The second kappa shape index (κ2) is 5.99. The summed E-state index contributed by atoms with van der Waals surface area (Å²) < 4.78 is 6.30. The van der Waals surface area contributed by atoms with Gasteiger partial charge >= 0.3 is 0 Å². The first-order valence-corrected chi connectivity index (χ1v) is 8.49. The van der Waals surface area contributed by atoms with Gasteiger partial charge in [-0.3, -0.25) is 0 Å². The number of aliphatic hydroxyl groups is 1. The summed E-state index contributed by atoms with van der Waals surface area (Å²) in [6.45, 7) is 0.859. The average Bonchev–Trinajstić information content (AvgIpc) is 2.58. The Kier molecular flexibility index (Phi) is 3.83. The number of aliphatic hydroxyl groups excluding tert-OH is 1. The fourth-order valence-electron chi connectivity index (χ4n) is 3.80. The zero-order valence-corrected chi connectivity index (χ0v) is 13.3. The summed E-state index contributed by atoms with van der Waals surface area (Å²) in [6.07, 6.45) is 4.62. The molecular weight excluding hydrogens is 286 g/mol. The van der Waals surface area contributed by atoms with Crippen molar-refractivity contribution in [2.75, 3.05) is 0 Å². The van der Waals surface area contributed by atoms with E-state index in [4.69, 9.17) is 4.74 Å². The van der Waals surface area contributed by atoms with Gasteiger partial charge in [0.05, 0.1) is 6.61 Å². The van der Waals surface area contributed by atoms with E-state index in [9.17, 15) is 5.11 Å². The molecule has 2 aromatic carbocycles. The smallest absolute Gasteiger partial charge is 0.124 e. The Morgan fingerprint density at radius 3 is 2.52 bits per heavy atom. The van der Waals surface area contributed by atoms with E-state index < -0.39 is 0 Å². The Bertz CT molecular complexity index is 694. The lowest BCUT2D eigenvalue weighted by atomic mass is 9.73. The van der Waals surface area contributed by atoms with E-state index in [2.05, 4.69) is 35.6 Å². The van der Waals surface area contributed by atoms with Crippen molar-refractivity contribution in [2.45, 2.75) is 50.5 Å². The molecule has 1 heterocycles. The van der Waals surface area contributed by atoms with Gasteiger partial charge in [0.1, 0.15) is 11.4 Å². The molecule has 0 saturated heterocycles. The van der Waals surface area contributed by atoms with E-state index in [1.807, 2.05) is 18.2 Å². The van der Waals surface area contributed by atoms with Gasteiger partial charge in [-0.1, -0.05) is 42.5 Å². The van der Waals surface area contributed by atoms with Gasteiger partial charge in [0.15, 0.2) is 0 Å². The molecule has 120 valence electrons. The lowest BCUT2D eigenvalue weighted by Crippen LogP contribution is -2.49. The van der Waals surface area contributed by atoms with Crippen LogP contribution in [0.1, 0.15) is 48.4 Å². The molecule has 0 aromatic heterocycles. The van der Waals surface area contributed by atoms with Gasteiger partial charge < -0.3 is 15.2 Å². The number of hydrogen-bond donors (Lipinski definition) is 2. The number of nitrogens with one attached hydrogen (secondary N) is 1.